The number of aliphatic imine (C=N–C) groups is 1. The molecule has 0 spiro atoms. The van der Waals surface area contributed by atoms with E-state index in [1.807, 2.05) is 11.8 Å². The first kappa shape index (κ1) is 20.7. The minimum Gasteiger partial charge on any atom is -0.469 e. The first-order valence-corrected chi connectivity index (χ1v) is 8.92. The van der Waals surface area contributed by atoms with Crippen molar-refractivity contribution in [3.05, 3.63) is 35.6 Å². The van der Waals surface area contributed by atoms with Gasteiger partial charge in [-0.2, -0.15) is 0 Å². The molecule has 1 saturated heterocycles. The highest BCUT2D eigenvalue weighted by Gasteiger charge is 2.37. The van der Waals surface area contributed by atoms with Gasteiger partial charge in [0.05, 0.1) is 18.9 Å². The Morgan fingerprint density at radius 1 is 1.37 bits per heavy atom. The minimum absolute atomic E-state index is 0.141. The highest BCUT2D eigenvalue weighted by Crippen LogP contribution is 2.24. The molecule has 1 aromatic rings. The van der Waals surface area contributed by atoms with Crippen LogP contribution in [0.15, 0.2) is 29.3 Å². The van der Waals surface area contributed by atoms with E-state index in [0.717, 1.165) is 5.56 Å². The molecule has 3 N–H and O–H groups in total. The average molecular weight is 378 g/mol. The van der Waals surface area contributed by atoms with Crippen LogP contribution in [0, 0.1) is 23.6 Å². The number of nitrogens with zero attached hydrogens (tertiary/aromatic N) is 2. The Kier molecular flexibility index (Phi) is 7.15. The zero-order chi connectivity index (χ0) is 20.0. The molecule has 2 rings (SSSR count). The Bertz CT molecular complexity index is 693. The maximum Gasteiger partial charge on any atom is 0.310 e. The van der Waals surface area contributed by atoms with E-state index in [9.17, 15) is 14.0 Å². The summed E-state index contributed by atoms with van der Waals surface area (Å²) in [5, 5.41) is 3.17. The molecule has 27 heavy (non-hydrogen) atoms. The number of rotatable bonds is 6. The van der Waals surface area contributed by atoms with Gasteiger partial charge in [0.15, 0.2) is 5.96 Å². The summed E-state index contributed by atoms with van der Waals surface area (Å²) in [6.45, 7) is 3.47. The lowest BCUT2D eigenvalue weighted by molar-refractivity contribution is -0.146. The van der Waals surface area contributed by atoms with Gasteiger partial charge in [0.1, 0.15) is 5.82 Å². The number of carbonyl (C=O) groups is 2. The third kappa shape index (κ3) is 5.42. The smallest absolute Gasteiger partial charge is 0.310 e. The lowest BCUT2D eigenvalue weighted by Crippen LogP contribution is -2.45. The van der Waals surface area contributed by atoms with E-state index in [4.69, 9.17) is 10.5 Å². The van der Waals surface area contributed by atoms with Crippen LogP contribution in [0.25, 0.3) is 0 Å². The first-order chi connectivity index (χ1) is 12.8. The number of hydrogen-bond donors (Lipinski definition) is 2. The van der Waals surface area contributed by atoms with Gasteiger partial charge in [-0.15, -0.1) is 0 Å². The van der Waals surface area contributed by atoms with E-state index in [-0.39, 0.29) is 23.6 Å². The molecule has 0 aromatic heterocycles. The molecule has 3 atom stereocenters. The predicted octanol–water partition coefficient (Wildman–Crippen LogP) is 0.786. The number of primary amides is 1. The Hall–Kier alpha value is -2.64. The van der Waals surface area contributed by atoms with Gasteiger partial charge in [0.25, 0.3) is 0 Å². The molecule has 0 bridgehead atoms. The molecule has 1 amide bonds. The molecule has 0 radical (unpaired) electrons. The third-order valence-corrected chi connectivity index (χ3v) is 4.93. The number of guanidine groups is 1. The normalized spacial score (nSPS) is 21.0. The summed E-state index contributed by atoms with van der Waals surface area (Å²) in [5.74, 6) is -0.920. The number of esters is 1. The third-order valence-electron chi connectivity index (χ3n) is 4.93. The summed E-state index contributed by atoms with van der Waals surface area (Å²) in [6, 6.07) is 6.00. The molecule has 8 heteroatoms. The number of methoxy groups -OCH3 is 1. The molecule has 1 heterocycles. The van der Waals surface area contributed by atoms with Gasteiger partial charge in [-0.25, -0.2) is 4.39 Å². The average Bonchev–Trinajstić information content (AvgIpc) is 3.03. The summed E-state index contributed by atoms with van der Waals surface area (Å²) in [4.78, 5) is 29.9. The zero-order valence-corrected chi connectivity index (χ0v) is 15.9. The van der Waals surface area contributed by atoms with Crippen LogP contribution in [0.5, 0.6) is 0 Å². The van der Waals surface area contributed by atoms with Crippen molar-refractivity contribution in [1.29, 1.82) is 0 Å². The number of carbonyl (C=O) groups excluding carboxylic acids is 2. The fourth-order valence-electron chi connectivity index (χ4n) is 3.32. The van der Waals surface area contributed by atoms with E-state index in [0.29, 0.717) is 32.0 Å². The Morgan fingerprint density at radius 3 is 2.59 bits per heavy atom. The van der Waals surface area contributed by atoms with Gasteiger partial charge in [-0.1, -0.05) is 19.1 Å². The Morgan fingerprint density at radius 2 is 2.04 bits per heavy atom. The zero-order valence-electron chi connectivity index (χ0n) is 15.9. The number of hydrogen-bond acceptors (Lipinski definition) is 4. The molecule has 1 aliphatic heterocycles. The van der Waals surface area contributed by atoms with Crippen LogP contribution in [0.3, 0.4) is 0 Å². The molecule has 0 saturated carbocycles. The summed E-state index contributed by atoms with van der Waals surface area (Å²) in [5.41, 5.74) is 6.36. The molecule has 0 aliphatic carbocycles. The second-order valence-corrected chi connectivity index (χ2v) is 6.87. The van der Waals surface area contributed by atoms with Crippen molar-refractivity contribution in [3.63, 3.8) is 0 Å². The largest absolute Gasteiger partial charge is 0.469 e. The van der Waals surface area contributed by atoms with Crippen LogP contribution >= 0.6 is 0 Å². The maximum absolute atomic E-state index is 13.0. The van der Waals surface area contributed by atoms with E-state index in [1.165, 1.54) is 19.2 Å². The topological polar surface area (TPSA) is 97.0 Å². The Balaban J connectivity index is 1.97. The van der Waals surface area contributed by atoms with Crippen molar-refractivity contribution >= 4 is 17.8 Å². The van der Waals surface area contributed by atoms with E-state index < -0.39 is 11.8 Å². The molecule has 148 valence electrons. The van der Waals surface area contributed by atoms with Gasteiger partial charge in [-0.3, -0.25) is 14.6 Å². The number of halogens is 1. The van der Waals surface area contributed by atoms with Crippen LogP contribution in [0.2, 0.25) is 0 Å². The van der Waals surface area contributed by atoms with Crippen LogP contribution in [-0.4, -0.2) is 56.5 Å². The van der Waals surface area contributed by atoms with Crippen LogP contribution in [-0.2, 0) is 20.7 Å². The van der Waals surface area contributed by atoms with Crippen molar-refractivity contribution in [2.45, 2.75) is 13.3 Å². The molecular formula is C19H27FN4O3. The number of likely N-dealkylation sites (tertiary alicyclic amines) is 1. The van der Waals surface area contributed by atoms with Crippen LogP contribution < -0.4 is 11.1 Å². The molecule has 1 fully saturated rings. The van der Waals surface area contributed by atoms with Crippen molar-refractivity contribution < 1.29 is 18.7 Å². The van der Waals surface area contributed by atoms with Crippen molar-refractivity contribution in [3.8, 4) is 0 Å². The second-order valence-electron chi connectivity index (χ2n) is 6.87. The molecule has 1 aliphatic rings. The molecule has 3 unspecified atom stereocenters. The van der Waals surface area contributed by atoms with E-state index in [1.54, 1.807) is 19.2 Å². The van der Waals surface area contributed by atoms with Gasteiger partial charge in [-0.05, 0) is 30.0 Å². The maximum atomic E-state index is 13.0. The SMILES string of the molecule is CN=C(NCC(Cc1ccc(F)cc1)C(N)=O)N1CC(C)C(C(=O)OC)C1. The molecule has 1 aromatic carbocycles. The van der Waals surface area contributed by atoms with E-state index >= 15 is 0 Å². The van der Waals surface area contributed by atoms with Crippen LogP contribution in [0.1, 0.15) is 12.5 Å². The van der Waals surface area contributed by atoms with Gasteiger partial charge < -0.3 is 20.7 Å². The number of nitrogens with one attached hydrogen (secondary N) is 1. The quantitative estimate of drug-likeness (QED) is 0.433. The monoisotopic (exact) mass is 378 g/mol. The number of nitrogens with two attached hydrogens (primary N) is 1. The summed E-state index contributed by atoms with van der Waals surface area (Å²) in [7, 11) is 3.04. The predicted molar refractivity (Wildman–Crippen MR) is 100 cm³/mol. The van der Waals surface area contributed by atoms with Crippen LogP contribution in [0.4, 0.5) is 4.39 Å². The second kappa shape index (κ2) is 9.34. The number of ether oxygens (including phenoxy) is 1. The first-order valence-electron chi connectivity index (χ1n) is 8.92. The van der Waals surface area contributed by atoms with Crippen molar-refractivity contribution in [2.75, 3.05) is 33.8 Å². The van der Waals surface area contributed by atoms with Crippen molar-refractivity contribution in [1.82, 2.24) is 10.2 Å². The fraction of sp³-hybridized carbons (Fsp3) is 0.526. The highest BCUT2D eigenvalue weighted by molar-refractivity contribution is 5.83. The summed E-state index contributed by atoms with van der Waals surface area (Å²) in [6.07, 6.45) is 0.404. The van der Waals surface area contributed by atoms with E-state index in [2.05, 4.69) is 10.3 Å². The number of amides is 1. The summed E-state index contributed by atoms with van der Waals surface area (Å²) < 4.78 is 17.9. The highest BCUT2D eigenvalue weighted by atomic mass is 19.1. The lowest BCUT2D eigenvalue weighted by atomic mass is 9.98. The van der Waals surface area contributed by atoms with Gasteiger partial charge >= 0.3 is 5.97 Å². The fourth-order valence-corrected chi connectivity index (χ4v) is 3.32. The molecule has 7 nitrogen and oxygen atoms in total. The molecular weight excluding hydrogens is 351 g/mol. The van der Waals surface area contributed by atoms with Crippen molar-refractivity contribution in [2.24, 2.45) is 28.5 Å². The standard InChI is InChI=1S/C19H27FN4O3/c1-12-10-24(11-16(12)18(26)27-3)19(22-2)23-9-14(17(21)25)8-13-4-6-15(20)7-5-13/h4-7,12,14,16H,8-11H2,1-3H3,(H2,21,25)(H,22,23). The van der Waals surface area contributed by atoms with Gasteiger partial charge in [0.2, 0.25) is 5.91 Å². The number of benzene rings is 1. The minimum atomic E-state index is -0.469. The van der Waals surface area contributed by atoms with Gasteiger partial charge in [0, 0.05) is 26.7 Å². The summed E-state index contributed by atoms with van der Waals surface area (Å²) >= 11 is 0. The Labute approximate surface area is 158 Å². The lowest BCUT2D eigenvalue weighted by Gasteiger charge is -2.23.